The Kier molecular flexibility index (Phi) is 5.96. The Hall–Kier alpha value is -3.32. The molecule has 0 unspecified atom stereocenters. The largest absolute Gasteiger partial charge is 0.497 e. The molecule has 0 radical (unpaired) electrons. The Balaban J connectivity index is 1.64. The van der Waals surface area contributed by atoms with Crippen molar-refractivity contribution in [2.75, 3.05) is 17.1 Å². The Morgan fingerprint density at radius 2 is 1.61 bits per heavy atom. The third-order valence-electron chi connectivity index (χ3n) is 3.97. The number of carbonyl (C=O) groups excluding carboxylic acids is 1. The molecule has 0 fully saturated rings. The molecule has 0 bridgehead atoms. The molecule has 0 saturated carbocycles. The first-order valence-corrected chi connectivity index (χ1v) is 10.1. The van der Waals surface area contributed by atoms with Crippen LogP contribution in [-0.4, -0.2) is 21.4 Å². The van der Waals surface area contributed by atoms with Crippen LogP contribution in [0.25, 0.3) is 0 Å². The monoisotopic (exact) mass is 396 g/mol. The highest BCUT2D eigenvalue weighted by Gasteiger charge is 2.14. The van der Waals surface area contributed by atoms with Gasteiger partial charge < -0.3 is 10.1 Å². The lowest BCUT2D eigenvalue weighted by Crippen LogP contribution is -2.15. The second-order valence-corrected chi connectivity index (χ2v) is 7.75. The van der Waals surface area contributed by atoms with Crippen LogP contribution in [0.5, 0.6) is 5.75 Å². The standard InChI is InChI=1S/C21H20N2O4S/c1-27-19-9-5-6-16(14-19)15-21(24)22-17-10-12-20(13-11-17)28(25,26)23-18-7-3-2-4-8-18/h2-14,23H,15H2,1H3,(H,22,24). The quantitative estimate of drug-likeness (QED) is 0.638. The number of hydrogen-bond donors (Lipinski definition) is 2. The summed E-state index contributed by atoms with van der Waals surface area (Å²) in [5, 5.41) is 2.76. The molecule has 28 heavy (non-hydrogen) atoms. The molecule has 3 rings (SSSR count). The van der Waals surface area contributed by atoms with E-state index in [1.807, 2.05) is 18.2 Å². The van der Waals surface area contributed by atoms with Crippen LogP contribution in [-0.2, 0) is 21.2 Å². The minimum atomic E-state index is -3.69. The zero-order valence-corrected chi connectivity index (χ0v) is 16.1. The Morgan fingerprint density at radius 3 is 2.29 bits per heavy atom. The molecule has 3 aromatic rings. The van der Waals surface area contributed by atoms with E-state index in [0.717, 1.165) is 5.56 Å². The molecule has 0 heterocycles. The number of benzene rings is 3. The minimum absolute atomic E-state index is 0.113. The van der Waals surface area contributed by atoms with Gasteiger partial charge >= 0.3 is 0 Å². The van der Waals surface area contributed by atoms with E-state index in [0.29, 0.717) is 17.1 Å². The van der Waals surface area contributed by atoms with Crippen molar-refractivity contribution in [1.82, 2.24) is 0 Å². The third kappa shape index (κ3) is 5.11. The SMILES string of the molecule is COc1cccc(CC(=O)Nc2ccc(S(=O)(=O)Nc3ccccc3)cc2)c1. The number of para-hydroxylation sites is 1. The molecule has 7 heteroatoms. The maximum atomic E-state index is 12.4. The fourth-order valence-corrected chi connectivity index (χ4v) is 3.67. The Bertz CT molecular complexity index is 1050. The summed E-state index contributed by atoms with van der Waals surface area (Å²) in [7, 11) is -2.12. The molecule has 6 nitrogen and oxygen atoms in total. The number of carbonyl (C=O) groups is 1. The average Bonchev–Trinajstić information content (AvgIpc) is 2.69. The van der Waals surface area contributed by atoms with Crippen molar-refractivity contribution in [1.29, 1.82) is 0 Å². The van der Waals surface area contributed by atoms with E-state index in [9.17, 15) is 13.2 Å². The smallest absolute Gasteiger partial charge is 0.261 e. The highest BCUT2D eigenvalue weighted by molar-refractivity contribution is 7.92. The van der Waals surface area contributed by atoms with E-state index in [1.54, 1.807) is 55.6 Å². The van der Waals surface area contributed by atoms with Gasteiger partial charge in [0.15, 0.2) is 0 Å². The molecule has 3 aromatic carbocycles. The maximum Gasteiger partial charge on any atom is 0.261 e. The summed E-state index contributed by atoms with van der Waals surface area (Å²) in [5.41, 5.74) is 1.83. The van der Waals surface area contributed by atoms with Crippen molar-refractivity contribution in [3.8, 4) is 5.75 Å². The molecule has 144 valence electrons. The predicted molar refractivity (Wildman–Crippen MR) is 109 cm³/mol. The van der Waals surface area contributed by atoms with Crippen molar-refractivity contribution in [3.63, 3.8) is 0 Å². The fourth-order valence-electron chi connectivity index (χ4n) is 2.61. The lowest BCUT2D eigenvalue weighted by molar-refractivity contribution is -0.115. The molecule has 0 aliphatic heterocycles. The number of hydrogen-bond acceptors (Lipinski definition) is 4. The second kappa shape index (κ2) is 8.58. The minimum Gasteiger partial charge on any atom is -0.497 e. The van der Waals surface area contributed by atoms with Gasteiger partial charge in [-0.1, -0.05) is 30.3 Å². The van der Waals surface area contributed by atoms with Gasteiger partial charge in [0.1, 0.15) is 5.75 Å². The zero-order chi connectivity index (χ0) is 20.0. The van der Waals surface area contributed by atoms with Crippen LogP contribution >= 0.6 is 0 Å². The average molecular weight is 396 g/mol. The van der Waals surface area contributed by atoms with Gasteiger partial charge in [-0.2, -0.15) is 0 Å². The Morgan fingerprint density at radius 1 is 0.893 bits per heavy atom. The molecule has 2 N–H and O–H groups in total. The van der Waals surface area contributed by atoms with Crippen LogP contribution in [0.2, 0.25) is 0 Å². The van der Waals surface area contributed by atoms with Crippen LogP contribution in [0.4, 0.5) is 11.4 Å². The number of methoxy groups -OCH3 is 1. The Labute approximate surface area is 164 Å². The zero-order valence-electron chi connectivity index (χ0n) is 15.3. The number of ether oxygens (including phenoxy) is 1. The first-order valence-electron chi connectivity index (χ1n) is 8.57. The van der Waals surface area contributed by atoms with Gasteiger partial charge in [-0.05, 0) is 54.1 Å². The second-order valence-electron chi connectivity index (χ2n) is 6.07. The molecule has 0 spiro atoms. The molecule has 0 aliphatic rings. The summed E-state index contributed by atoms with van der Waals surface area (Å²) in [6, 6.07) is 21.9. The van der Waals surface area contributed by atoms with E-state index < -0.39 is 10.0 Å². The lowest BCUT2D eigenvalue weighted by Gasteiger charge is -2.10. The lowest BCUT2D eigenvalue weighted by atomic mass is 10.1. The molecule has 1 amide bonds. The van der Waals surface area contributed by atoms with Crippen LogP contribution in [0.15, 0.2) is 83.8 Å². The molecular weight excluding hydrogens is 376 g/mol. The van der Waals surface area contributed by atoms with E-state index in [4.69, 9.17) is 4.74 Å². The van der Waals surface area contributed by atoms with Crippen molar-refractivity contribution < 1.29 is 17.9 Å². The topological polar surface area (TPSA) is 84.5 Å². The first-order chi connectivity index (χ1) is 13.5. The van der Waals surface area contributed by atoms with Crippen molar-refractivity contribution >= 4 is 27.3 Å². The van der Waals surface area contributed by atoms with Gasteiger partial charge in [0.05, 0.1) is 18.4 Å². The van der Waals surface area contributed by atoms with Gasteiger partial charge in [-0.3, -0.25) is 9.52 Å². The van der Waals surface area contributed by atoms with Crippen LogP contribution < -0.4 is 14.8 Å². The highest BCUT2D eigenvalue weighted by atomic mass is 32.2. The number of anilines is 2. The summed E-state index contributed by atoms with van der Waals surface area (Å²) < 4.78 is 32.5. The fraction of sp³-hybridized carbons (Fsp3) is 0.0952. The maximum absolute atomic E-state index is 12.4. The van der Waals surface area contributed by atoms with Crippen LogP contribution in [0, 0.1) is 0 Å². The summed E-state index contributed by atoms with van der Waals surface area (Å²) in [5.74, 6) is 0.483. The summed E-state index contributed by atoms with van der Waals surface area (Å²) in [4.78, 5) is 12.3. The molecule has 0 atom stereocenters. The van der Waals surface area contributed by atoms with Crippen molar-refractivity contribution in [2.24, 2.45) is 0 Å². The van der Waals surface area contributed by atoms with Gasteiger partial charge in [0.25, 0.3) is 10.0 Å². The van der Waals surface area contributed by atoms with E-state index in [2.05, 4.69) is 10.0 Å². The number of rotatable bonds is 7. The molecule has 0 aromatic heterocycles. The number of amides is 1. The van der Waals surface area contributed by atoms with Gasteiger partial charge in [-0.25, -0.2) is 8.42 Å². The van der Waals surface area contributed by atoms with E-state index in [1.165, 1.54) is 12.1 Å². The van der Waals surface area contributed by atoms with Crippen LogP contribution in [0.1, 0.15) is 5.56 Å². The van der Waals surface area contributed by atoms with E-state index in [-0.39, 0.29) is 17.2 Å². The normalized spacial score (nSPS) is 10.9. The first kappa shape index (κ1) is 19.4. The van der Waals surface area contributed by atoms with Gasteiger partial charge in [-0.15, -0.1) is 0 Å². The molecular formula is C21H20N2O4S. The molecule has 0 aliphatic carbocycles. The summed E-state index contributed by atoms with van der Waals surface area (Å²) in [6.45, 7) is 0. The van der Waals surface area contributed by atoms with Gasteiger partial charge in [0, 0.05) is 11.4 Å². The summed E-state index contributed by atoms with van der Waals surface area (Å²) >= 11 is 0. The van der Waals surface area contributed by atoms with Crippen molar-refractivity contribution in [3.05, 3.63) is 84.4 Å². The van der Waals surface area contributed by atoms with Crippen molar-refractivity contribution in [2.45, 2.75) is 11.3 Å². The number of nitrogens with one attached hydrogen (secondary N) is 2. The summed E-state index contributed by atoms with van der Waals surface area (Å²) in [6.07, 6.45) is 0.187. The van der Waals surface area contributed by atoms with Gasteiger partial charge in [0.2, 0.25) is 5.91 Å². The predicted octanol–water partition coefficient (Wildman–Crippen LogP) is 3.68. The molecule has 0 saturated heterocycles. The highest BCUT2D eigenvalue weighted by Crippen LogP contribution is 2.19. The van der Waals surface area contributed by atoms with E-state index >= 15 is 0 Å². The van der Waals surface area contributed by atoms with Crippen LogP contribution in [0.3, 0.4) is 0 Å². The third-order valence-corrected chi connectivity index (χ3v) is 5.37. The number of sulfonamides is 1.